The molecule has 1 aromatic rings. The van der Waals surface area contributed by atoms with Gasteiger partial charge in [0, 0.05) is 27.4 Å². The number of hydrogen-bond acceptors (Lipinski definition) is 6. The first-order valence-corrected chi connectivity index (χ1v) is 7.44. The van der Waals surface area contributed by atoms with Gasteiger partial charge >= 0.3 is 25.9 Å². The van der Waals surface area contributed by atoms with Crippen LogP contribution in [0, 0.1) is 0 Å². The van der Waals surface area contributed by atoms with Gasteiger partial charge in [-0.15, -0.1) is 0 Å². The lowest BCUT2D eigenvalue weighted by Gasteiger charge is -2.23. The summed E-state index contributed by atoms with van der Waals surface area (Å²) in [5.41, 5.74) is -2.41. The zero-order valence-electron chi connectivity index (χ0n) is 11.4. The van der Waals surface area contributed by atoms with E-state index in [0.717, 1.165) is 12.5 Å². The molecule has 0 fully saturated rings. The first kappa shape index (κ1) is 17.5. The van der Waals surface area contributed by atoms with E-state index in [1.807, 2.05) is 0 Å². The van der Waals surface area contributed by atoms with Crippen LogP contribution in [0.5, 0.6) is 0 Å². The maximum absolute atomic E-state index is 10.2. The van der Waals surface area contributed by atoms with Crippen molar-refractivity contribution in [3.8, 4) is 0 Å². The lowest BCUT2D eigenvalue weighted by molar-refractivity contribution is 0.123. The van der Waals surface area contributed by atoms with E-state index >= 15 is 0 Å². The number of rotatable bonds is 5. The first-order valence-electron chi connectivity index (χ1n) is 5.51. The second-order valence-corrected chi connectivity index (χ2v) is 6.50. The summed E-state index contributed by atoms with van der Waals surface area (Å²) < 4.78 is 15.5. The number of aromatic amines is 3. The van der Waals surface area contributed by atoms with E-state index in [4.69, 9.17) is 13.3 Å². The molecule has 0 aliphatic rings. The van der Waals surface area contributed by atoms with Crippen LogP contribution in [0.15, 0.2) is 14.4 Å². The summed E-state index contributed by atoms with van der Waals surface area (Å²) >= 11 is 0. The lowest BCUT2D eigenvalue weighted by Crippen LogP contribution is -2.42. The summed E-state index contributed by atoms with van der Waals surface area (Å²) in [6.07, 6.45) is 1.03. The van der Waals surface area contributed by atoms with Gasteiger partial charge in [0.05, 0.1) is 0 Å². The summed E-state index contributed by atoms with van der Waals surface area (Å²) in [4.78, 5) is 35.9. The minimum absolute atomic E-state index is 0.802. The smallest absolute Gasteiger partial charge is 0.377 e. The highest BCUT2D eigenvalue weighted by molar-refractivity contribution is 6.60. The van der Waals surface area contributed by atoms with E-state index in [9.17, 15) is 14.4 Å². The average molecular weight is 293 g/mol. The Balaban J connectivity index is 0.000000342. The largest absolute Gasteiger partial charge is 0.500 e. The van der Waals surface area contributed by atoms with E-state index in [1.54, 1.807) is 36.3 Å². The molecule has 0 aromatic carbocycles. The standard InChI is InChI=1S/C6H16O3Si.C3H3N3O3/c1-5-6-10(7-2,8-3)9-4;7-1-4-2(8)6-3(9)5-1/h5-6H2,1-4H3;(H3,4,5,6,7,8,9). The fourth-order valence-electron chi connectivity index (χ4n) is 1.27. The molecule has 1 rings (SSSR count). The second kappa shape index (κ2) is 8.58. The molecule has 0 saturated heterocycles. The quantitative estimate of drug-likeness (QED) is 0.599. The highest BCUT2D eigenvalue weighted by Gasteiger charge is 2.36. The molecule has 110 valence electrons. The number of aromatic nitrogens is 3. The minimum atomic E-state index is -2.22. The molecular formula is C9H19N3O6Si. The molecule has 0 spiro atoms. The molecule has 19 heavy (non-hydrogen) atoms. The van der Waals surface area contributed by atoms with Crippen molar-refractivity contribution in [3.05, 3.63) is 31.5 Å². The molecule has 9 nitrogen and oxygen atoms in total. The monoisotopic (exact) mass is 293 g/mol. The maximum atomic E-state index is 10.2. The van der Waals surface area contributed by atoms with Crippen LogP contribution in [-0.4, -0.2) is 45.1 Å². The molecule has 0 unspecified atom stereocenters. The normalized spacial score (nSPS) is 10.7. The van der Waals surface area contributed by atoms with Gasteiger partial charge in [0.25, 0.3) is 0 Å². The molecule has 0 amide bonds. The minimum Gasteiger partial charge on any atom is -0.377 e. The third-order valence-electron chi connectivity index (χ3n) is 2.17. The number of H-pyrrole nitrogens is 3. The van der Waals surface area contributed by atoms with Crippen molar-refractivity contribution >= 4 is 8.80 Å². The molecule has 0 saturated carbocycles. The van der Waals surface area contributed by atoms with Gasteiger partial charge < -0.3 is 13.3 Å². The lowest BCUT2D eigenvalue weighted by atomic mass is 10.6. The van der Waals surface area contributed by atoms with Gasteiger partial charge in [-0.3, -0.25) is 15.0 Å². The van der Waals surface area contributed by atoms with Crippen molar-refractivity contribution in [2.24, 2.45) is 0 Å². The van der Waals surface area contributed by atoms with Crippen LogP contribution in [0.2, 0.25) is 6.04 Å². The third-order valence-corrected chi connectivity index (χ3v) is 5.15. The van der Waals surface area contributed by atoms with E-state index in [2.05, 4.69) is 6.92 Å². The van der Waals surface area contributed by atoms with Crippen LogP contribution in [-0.2, 0) is 13.3 Å². The Labute approximate surface area is 110 Å². The van der Waals surface area contributed by atoms with E-state index < -0.39 is 25.9 Å². The van der Waals surface area contributed by atoms with Gasteiger partial charge in [0.1, 0.15) is 0 Å². The van der Waals surface area contributed by atoms with E-state index in [-0.39, 0.29) is 0 Å². The Morgan fingerprint density at radius 3 is 1.32 bits per heavy atom. The maximum Gasteiger partial charge on any atom is 0.500 e. The molecule has 0 aliphatic carbocycles. The molecule has 0 aliphatic heterocycles. The van der Waals surface area contributed by atoms with Crippen molar-refractivity contribution < 1.29 is 13.3 Å². The molecule has 0 radical (unpaired) electrons. The summed E-state index contributed by atoms with van der Waals surface area (Å²) in [5.74, 6) is 0. The van der Waals surface area contributed by atoms with Gasteiger partial charge in [-0.25, -0.2) is 14.4 Å². The zero-order chi connectivity index (χ0) is 14.9. The molecule has 1 aromatic heterocycles. The van der Waals surface area contributed by atoms with E-state index in [0.29, 0.717) is 0 Å². The summed E-state index contributed by atoms with van der Waals surface area (Å²) in [6, 6.07) is 0.885. The average Bonchev–Trinajstić information content (AvgIpc) is 2.35. The Kier molecular flexibility index (Phi) is 7.91. The van der Waals surface area contributed by atoms with Crippen LogP contribution in [0.4, 0.5) is 0 Å². The summed E-state index contributed by atoms with van der Waals surface area (Å²) in [5, 5.41) is 0. The third kappa shape index (κ3) is 6.29. The highest BCUT2D eigenvalue weighted by atomic mass is 28.4. The summed E-state index contributed by atoms with van der Waals surface area (Å²) in [7, 11) is 2.68. The van der Waals surface area contributed by atoms with Crippen molar-refractivity contribution in [2.75, 3.05) is 21.3 Å². The van der Waals surface area contributed by atoms with Crippen LogP contribution in [0.1, 0.15) is 13.3 Å². The molecule has 0 bridgehead atoms. The fraction of sp³-hybridized carbons (Fsp3) is 0.667. The molecule has 1 heterocycles. The predicted molar refractivity (Wildman–Crippen MR) is 70.2 cm³/mol. The molecule has 10 heteroatoms. The number of hydrogen-bond donors (Lipinski definition) is 3. The Hall–Kier alpha value is -1.49. The topological polar surface area (TPSA) is 126 Å². The highest BCUT2D eigenvalue weighted by Crippen LogP contribution is 2.13. The SMILES string of the molecule is CCC[Si](OC)(OC)OC.O=c1[nH]c(=O)[nH]c(=O)[nH]1. The molecule has 3 N–H and O–H groups in total. The summed E-state index contributed by atoms with van der Waals surface area (Å²) in [6.45, 7) is 2.08. The first-order chi connectivity index (χ1) is 8.92. The van der Waals surface area contributed by atoms with Gasteiger partial charge in [-0.2, -0.15) is 0 Å². The molecule has 0 atom stereocenters. The Morgan fingerprint density at radius 1 is 0.842 bits per heavy atom. The number of nitrogens with one attached hydrogen (secondary N) is 3. The van der Waals surface area contributed by atoms with Crippen molar-refractivity contribution in [1.82, 2.24) is 15.0 Å². The van der Waals surface area contributed by atoms with E-state index in [1.165, 1.54) is 0 Å². The van der Waals surface area contributed by atoms with Gasteiger partial charge in [-0.05, 0) is 0 Å². The van der Waals surface area contributed by atoms with Crippen molar-refractivity contribution in [2.45, 2.75) is 19.4 Å². The Morgan fingerprint density at radius 2 is 1.16 bits per heavy atom. The van der Waals surface area contributed by atoms with Crippen LogP contribution in [0.3, 0.4) is 0 Å². The van der Waals surface area contributed by atoms with Crippen LogP contribution < -0.4 is 17.1 Å². The van der Waals surface area contributed by atoms with Crippen LogP contribution in [0.25, 0.3) is 0 Å². The Bertz CT molecular complexity index is 431. The van der Waals surface area contributed by atoms with Gasteiger partial charge in [-0.1, -0.05) is 13.3 Å². The van der Waals surface area contributed by atoms with Gasteiger partial charge in [0.2, 0.25) is 0 Å². The molecular weight excluding hydrogens is 274 g/mol. The predicted octanol–water partition coefficient (Wildman–Crippen LogP) is -0.974. The fourth-order valence-corrected chi connectivity index (χ4v) is 2.99. The van der Waals surface area contributed by atoms with Crippen molar-refractivity contribution in [3.63, 3.8) is 0 Å². The van der Waals surface area contributed by atoms with Crippen LogP contribution >= 0.6 is 0 Å². The van der Waals surface area contributed by atoms with Gasteiger partial charge in [0.15, 0.2) is 0 Å². The zero-order valence-corrected chi connectivity index (χ0v) is 12.4. The second-order valence-electron chi connectivity index (χ2n) is 3.41. The van der Waals surface area contributed by atoms with Crippen molar-refractivity contribution in [1.29, 1.82) is 0 Å².